The van der Waals surface area contributed by atoms with Crippen molar-refractivity contribution in [3.63, 3.8) is 0 Å². The molecule has 110 valence electrons. The molecule has 1 atom stereocenters. The molecule has 1 aromatic rings. The standard InChI is InChI=1S/C15H22N2O3/c1-10(2)12(6-8-18)17-15(19)11-4-3-5-13-14(11)20-9-7-16-13/h3-5,10,12,16,18H,6-9H2,1-2H3,(H,17,19). The third kappa shape index (κ3) is 3.22. The van der Waals surface area contributed by atoms with Crippen molar-refractivity contribution in [2.75, 3.05) is 25.1 Å². The topological polar surface area (TPSA) is 70.6 Å². The van der Waals surface area contributed by atoms with E-state index in [4.69, 9.17) is 9.84 Å². The summed E-state index contributed by atoms with van der Waals surface area (Å²) < 4.78 is 5.61. The van der Waals surface area contributed by atoms with Crippen LogP contribution in [0.4, 0.5) is 5.69 Å². The first-order valence-electron chi connectivity index (χ1n) is 7.05. The van der Waals surface area contributed by atoms with Gasteiger partial charge in [0.1, 0.15) is 6.61 Å². The molecule has 1 aliphatic rings. The SMILES string of the molecule is CC(C)C(CCO)NC(=O)c1cccc2c1OCCN2. The van der Waals surface area contributed by atoms with Crippen LogP contribution in [0.3, 0.4) is 0 Å². The van der Waals surface area contributed by atoms with Gasteiger partial charge in [0.2, 0.25) is 0 Å². The molecule has 20 heavy (non-hydrogen) atoms. The first-order valence-corrected chi connectivity index (χ1v) is 7.05. The summed E-state index contributed by atoms with van der Waals surface area (Å²) in [6.07, 6.45) is 0.553. The average molecular weight is 278 g/mol. The molecule has 1 unspecified atom stereocenters. The zero-order valence-electron chi connectivity index (χ0n) is 12.0. The Kier molecular flexibility index (Phi) is 4.84. The molecule has 0 fully saturated rings. The van der Waals surface area contributed by atoms with Crippen LogP contribution in [-0.4, -0.2) is 36.8 Å². The predicted molar refractivity (Wildman–Crippen MR) is 78.2 cm³/mol. The van der Waals surface area contributed by atoms with Crippen molar-refractivity contribution < 1.29 is 14.6 Å². The van der Waals surface area contributed by atoms with Gasteiger partial charge in [0.05, 0.1) is 11.3 Å². The summed E-state index contributed by atoms with van der Waals surface area (Å²) in [6.45, 7) is 5.42. The summed E-state index contributed by atoms with van der Waals surface area (Å²) in [5, 5.41) is 15.3. The third-order valence-electron chi connectivity index (χ3n) is 3.48. The number of fused-ring (bicyclic) bond motifs is 1. The zero-order chi connectivity index (χ0) is 14.5. The molecular formula is C15H22N2O3. The summed E-state index contributed by atoms with van der Waals surface area (Å²) in [7, 11) is 0. The van der Waals surface area contributed by atoms with Gasteiger partial charge < -0.3 is 20.5 Å². The number of hydrogen-bond donors (Lipinski definition) is 3. The number of benzene rings is 1. The zero-order valence-corrected chi connectivity index (χ0v) is 12.0. The largest absolute Gasteiger partial charge is 0.489 e. The first-order chi connectivity index (χ1) is 9.63. The summed E-state index contributed by atoms with van der Waals surface area (Å²) in [5.41, 5.74) is 1.39. The lowest BCUT2D eigenvalue weighted by molar-refractivity contribution is 0.0912. The Morgan fingerprint density at radius 1 is 1.50 bits per heavy atom. The highest BCUT2D eigenvalue weighted by Gasteiger charge is 2.22. The summed E-state index contributed by atoms with van der Waals surface area (Å²) >= 11 is 0. The van der Waals surface area contributed by atoms with Crippen molar-refractivity contribution in [1.29, 1.82) is 0 Å². The number of anilines is 1. The Morgan fingerprint density at radius 3 is 3.00 bits per heavy atom. The van der Waals surface area contributed by atoms with Crippen LogP contribution in [0.25, 0.3) is 0 Å². The second-order valence-corrected chi connectivity index (χ2v) is 5.29. The van der Waals surface area contributed by atoms with Gasteiger partial charge in [-0.1, -0.05) is 19.9 Å². The minimum atomic E-state index is -0.155. The van der Waals surface area contributed by atoms with Crippen LogP contribution in [0.5, 0.6) is 5.75 Å². The first kappa shape index (κ1) is 14.7. The lowest BCUT2D eigenvalue weighted by Crippen LogP contribution is -2.39. The van der Waals surface area contributed by atoms with Crippen molar-refractivity contribution in [1.82, 2.24) is 5.32 Å². The molecular weight excluding hydrogens is 256 g/mol. The summed E-state index contributed by atoms with van der Waals surface area (Å²) in [5.74, 6) is 0.727. The van der Waals surface area contributed by atoms with Crippen molar-refractivity contribution in [2.24, 2.45) is 5.92 Å². The lowest BCUT2D eigenvalue weighted by atomic mass is 10.0. The van der Waals surface area contributed by atoms with E-state index < -0.39 is 0 Å². The normalized spacial score (nSPS) is 15.0. The number of amides is 1. The van der Waals surface area contributed by atoms with E-state index in [1.165, 1.54) is 0 Å². The number of aliphatic hydroxyl groups excluding tert-OH is 1. The van der Waals surface area contributed by atoms with Gasteiger partial charge in [-0.3, -0.25) is 4.79 Å². The molecule has 0 radical (unpaired) electrons. The van der Waals surface area contributed by atoms with Crippen LogP contribution in [-0.2, 0) is 0 Å². The van der Waals surface area contributed by atoms with E-state index in [1.54, 1.807) is 6.07 Å². The van der Waals surface area contributed by atoms with E-state index in [-0.39, 0.29) is 24.5 Å². The third-order valence-corrected chi connectivity index (χ3v) is 3.48. The average Bonchev–Trinajstić information content (AvgIpc) is 2.46. The highest BCUT2D eigenvalue weighted by molar-refractivity contribution is 5.99. The molecule has 0 aromatic heterocycles. The molecule has 3 N–H and O–H groups in total. The highest BCUT2D eigenvalue weighted by atomic mass is 16.5. The van der Waals surface area contributed by atoms with Gasteiger partial charge in [-0.15, -0.1) is 0 Å². The van der Waals surface area contributed by atoms with Crippen molar-refractivity contribution in [3.8, 4) is 5.75 Å². The van der Waals surface area contributed by atoms with Crippen LogP contribution in [0, 0.1) is 5.92 Å². The predicted octanol–water partition coefficient (Wildman–Crippen LogP) is 1.63. The number of nitrogens with one attached hydrogen (secondary N) is 2. The second kappa shape index (κ2) is 6.61. The number of rotatable bonds is 5. The molecule has 5 heteroatoms. The molecule has 1 aromatic carbocycles. The number of hydrogen-bond acceptors (Lipinski definition) is 4. The Balaban J connectivity index is 2.16. The smallest absolute Gasteiger partial charge is 0.255 e. The van der Waals surface area contributed by atoms with E-state index in [2.05, 4.69) is 10.6 Å². The van der Waals surface area contributed by atoms with Crippen LogP contribution in [0.1, 0.15) is 30.6 Å². The van der Waals surface area contributed by atoms with Gasteiger partial charge in [-0.25, -0.2) is 0 Å². The molecule has 1 aliphatic heterocycles. The number of carbonyl (C=O) groups is 1. The van der Waals surface area contributed by atoms with Gasteiger partial charge in [0.25, 0.3) is 5.91 Å². The fraction of sp³-hybridized carbons (Fsp3) is 0.533. The molecule has 1 amide bonds. The van der Waals surface area contributed by atoms with Gasteiger partial charge >= 0.3 is 0 Å². The fourth-order valence-electron chi connectivity index (χ4n) is 2.31. The Morgan fingerprint density at radius 2 is 2.30 bits per heavy atom. The quantitative estimate of drug-likeness (QED) is 0.765. The van der Waals surface area contributed by atoms with Gasteiger partial charge in [-0.05, 0) is 24.5 Å². The molecule has 0 spiro atoms. The molecule has 0 bridgehead atoms. The molecule has 0 aliphatic carbocycles. The van der Waals surface area contributed by atoms with E-state index >= 15 is 0 Å². The second-order valence-electron chi connectivity index (χ2n) is 5.29. The van der Waals surface area contributed by atoms with E-state index in [9.17, 15) is 4.79 Å². The Hall–Kier alpha value is -1.75. The van der Waals surface area contributed by atoms with Crippen LogP contribution in [0.2, 0.25) is 0 Å². The molecule has 0 saturated carbocycles. The van der Waals surface area contributed by atoms with Gasteiger partial charge in [0, 0.05) is 19.2 Å². The number of ether oxygens (including phenoxy) is 1. The molecule has 5 nitrogen and oxygen atoms in total. The van der Waals surface area contributed by atoms with Crippen molar-refractivity contribution in [2.45, 2.75) is 26.3 Å². The van der Waals surface area contributed by atoms with Crippen molar-refractivity contribution in [3.05, 3.63) is 23.8 Å². The fourth-order valence-corrected chi connectivity index (χ4v) is 2.31. The molecule has 2 rings (SSSR count). The minimum Gasteiger partial charge on any atom is -0.489 e. The maximum absolute atomic E-state index is 12.4. The molecule has 1 heterocycles. The Bertz CT molecular complexity index is 474. The number of para-hydroxylation sites is 1. The Labute approximate surface area is 119 Å². The van der Waals surface area contributed by atoms with E-state index in [0.717, 1.165) is 12.2 Å². The van der Waals surface area contributed by atoms with E-state index in [1.807, 2.05) is 26.0 Å². The highest BCUT2D eigenvalue weighted by Crippen LogP contribution is 2.31. The maximum Gasteiger partial charge on any atom is 0.255 e. The number of carbonyl (C=O) groups excluding carboxylic acids is 1. The lowest BCUT2D eigenvalue weighted by Gasteiger charge is -2.24. The van der Waals surface area contributed by atoms with Gasteiger partial charge in [-0.2, -0.15) is 0 Å². The minimum absolute atomic E-state index is 0.0418. The van der Waals surface area contributed by atoms with E-state index in [0.29, 0.717) is 24.3 Å². The van der Waals surface area contributed by atoms with Crippen molar-refractivity contribution >= 4 is 11.6 Å². The monoisotopic (exact) mass is 278 g/mol. The number of aliphatic hydroxyl groups is 1. The summed E-state index contributed by atoms with van der Waals surface area (Å²) in [6, 6.07) is 5.46. The molecule has 0 saturated heterocycles. The maximum atomic E-state index is 12.4. The van der Waals surface area contributed by atoms with Crippen LogP contribution in [0.15, 0.2) is 18.2 Å². The van der Waals surface area contributed by atoms with Gasteiger partial charge in [0.15, 0.2) is 5.75 Å². The van der Waals surface area contributed by atoms with Crippen LogP contribution >= 0.6 is 0 Å². The van der Waals surface area contributed by atoms with Crippen LogP contribution < -0.4 is 15.4 Å². The summed E-state index contributed by atoms with van der Waals surface area (Å²) in [4.78, 5) is 12.4.